The first kappa shape index (κ1) is 20.7. The number of hydrogen-bond acceptors (Lipinski definition) is 8. The van der Waals surface area contributed by atoms with Crippen LogP contribution in [0.1, 0.15) is 24.4 Å². The molecule has 5 rings (SSSR count). The molecule has 9 nitrogen and oxygen atoms in total. The van der Waals surface area contributed by atoms with Crippen molar-refractivity contribution in [1.29, 1.82) is 0 Å². The fourth-order valence-electron chi connectivity index (χ4n) is 3.97. The van der Waals surface area contributed by atoms with Crippen LogP contribution in [-0.2, 0) is 11.3 Å². The normalized spacial score (nSPS) is 18.6. The summed E-state index contributed by atoms with van der Waals surface area (Å²) in [6.45, 7) is 3.43. The summed E-state index contributed by atoms with van der Waals surface area (Å²) in [6.07, 6.45) is 5.42. The molecule has 0 aliphatic carbocycles. The number of imide groups is 1. The first-order chi connectivity index (χ1) is 15.6. The molecule has 2 amide bonds. The summed E-state index contributed by atoms with van der Waals surface area (Å²) in [5, 5.41) is 5.43. The van der Waals surface area contributed by atoms with Gasteiger partial charge in [-0.1, -0.05) is 12.1 Å². The van der Waals surface area contributed by atoms with E-state index in [4.69, 9.17) is 0 Å². The average molecular weight is 450 g/mol. The Labute approximate surface area is 189 Å². The van der Waals surface area contributed by atoms with Crippen LogP contribution in [0.5, 0.6) is 0 Å². The standard InChI is InChI=1S/C22H23N7O2S/c30-20-18(32-22(31)28-20)11-15-5-8-24-21(25-15)29-9-6-14(7-10-29)12-23-13-19-26-16-3-1-2-4-17(16)27-19/h1-5,8,11,14,23H,6-7,9-10,12-13H2,(H,26,27)(H,28,30,31)/b18-11+. The summed E-state index contributed by atoms with van der Waals surface area (Å²) in [5.41, 5.74) is 2.68. The lowest BCUT2D eigenvalue weighted by molar-refractivity contribution is -0.115. The van der Waals surface area contributed by atoms with Crippen molar-refractivity contribution >= 4 is 46.0 Å². The Kier molecular flexibility index (Phi) is 5.87. The molecule has 0 atom stereocenters. The Morgan fingerprint density at radius 1 is 1.16 bits per heavy atom. The molecule has 2 fully saturated rings. The Morgan fingerprint density at radius 3 is 2.78 bits per heavy atom. The van der Waals surface area contributed by atoms with Crippen LogP contribution in [-0.4, -0.2) is 50.7 Å². The number of rotatable bonds is 6. The van der Waals surface area contributed by atoms with Crippen LogP contribution in [0, 0.1) is 5.92 Å². The van der Waals surface area contributed by atoms with Crippen molar-refractivity contribution in [2.45, 2.75) is 19.4 Å². The number of aromatic nitrogens is 4. The lowest BCUT2D eigenvalue weighted by atomic mass is 9.97. The van der Waals surface area contributed by atoms with Crippen molar-refractivity contribution in [2.75, 3.05) is 24.5 Å². The zero-order valence-electron chi connectivity index (χ0n) is 17.4. The van der Waals surface area contributed by atoms with Crippen molar-refractivity contribution in [3.05, 3.63) is 53.0 Å². The Balaban J connectivity index is 1.12. The van der Waals surface area contributed by atoms with Gasteiger partial charge in [-0.05, 0) is 61.3 Å². The minimum Gasteiger partial charge on any atom is -0.341 e. The number of imidazole rings is 1. The molecule has 0 spiro atoms. The number of amides is 2. The van der Waals surface area contributed by atoms with Gasteiger partial charge in [0.25, 0.3) is 11.1 Å². The lowest BCUT2D eigenvalue weighted by Gasteiger charge is -2.32. The van der Waals surface area contributed by atoms with Crippen LogP contribution < -0.4 is 15.5 Å². The number of benzene rings is 1. The molecule has 3 N–H and O–H groups in total. The van der Waals surface area contributed by atoms with Crippen molar-refractivity contribution in [2.24, 2.45) is 5.92 Å². The predicted molar refractivity (Wildman–Crippen MR) is 124 cm³/mol. The van der Waals surface area contributed by atoms with Crippen LogP contribution in [0.15, 0.2) is 41.4 Å². The fourth-order valence-corrected chi connectivity index (χ4v) is 4.64. The van der Waals surface area contributed by atoms with Crippen LogP contribution in [0.4, 0.5) is 10.7 Å². The molecule has 0 radical (unpaired) electrons. The number of para-hydroxylation sites is 2. The second-order valence-corrected chi connectivity index (χ2v) is 8.91. The third-order valence-electron chi connectivity index (χ3n) is 5.65. The monoisotopic (exact) mass is 449 g/mol. The molecule has 1 aromatic carbocycles. The van der Waals surface area contributed by atoms with Crippen LogP contribution >= 0.6 is 11.8 Å². The van der Waals surface area contributed by atoms with Gasteiger partial charge < -0.3 is 15.2 Å². The van der Waals surface area contributed by atoms with Gasteiger partial charge in [0.1, 0.15) is 5.82 Å². The minimum atomic E-state index is -0.379. The number of H-pyrrole nitrogens is 1. The number of nitrogens with one attached hydrogen (secondary N) is 3. The highest BCUT2D eigenvalue weighted by Gasteiger charge is 2.25. The number of anilines is 1. The molecule has 2 aliphatic heterocycles. The third kappa shape index (κ3) is 4.66. The number of piperidine rings is 1. The van der Waals surface area contributed by atoms with Crippen LogP contribution in [0.2, 0.25) is 0 Å². The molecule has 0 bridgehead atoms. The van der Waals surface area contributed by atoms with Crippen LogP contribution in [0.3, 0.4) is 0 Å². The SMILES string of the molecule is O=C1NC(=O)/C(=C\c2ccnc(N3CCC(CNCc4nc5ccccc5[nH]4)CC3)n2)S1. The molecule has 0 unspecified atom stereocenters. The summed E-state index contributed by atoms with van der Waals surface area (Å²) in [4.78, 5) is 42.5. The third-order valence-corrected chi connectivity index (χ3v) is 6.46. The van der Waals surface area contributed by atoms with Gasteiger partial charge >= 0.3 is 0 Å². The largest absolute Gasteiger partial charge is 0.341 e. The van der Waals surface area contributed by atoms with Crippen LogP contribution in [0.25, 0.3) is 17.1 Å². The summed E-state index contributed by atoms with van der Waals surface area (Å²) in [7, 11) is 0. The average Bonchev–Trinajstić information content (AvgIpc) is 3.36. The molecule has 32 heavy (non-hydrogen) atoms. The van der Waals surface area contributed by atoms with Gasteiger partial charge in [0.2, 0.25) is 5.95 Å². The highest BCUT2D eigenvalue weighted by molar-refractivity contribution is 8.18. The summed E-state index contributed by atoms with van der Waals surface area (Å²) in [6, 6.07) is 9.79. The topological polar surface area (TPSA) is 116 Å². The summed E-state index contributed by atoms with van der Waals surface area (Å²) < 4.78 is 0. The predicted octanol–water partition coefficient (Wildman–Crippen LogP) is 2.68. The Bertz CT molecular complexity index is 1150. The van der Waals surface area contributed by atoms with Gasteiger partial charge in [0.05, 0.1) is 28.2 Å². The summed E-state index contributed by atoms with van der Waals surface area (Å²) >= 11 is 0.891. The zero-order chi connectivity index (χ0) is 21.9. The second-order valence-electron chi connectivity index (χ2n) is 7.90. The van der Waals surface area contributed by atoms with E-state index in [1.165, 1.54) is 0 Å². The molecule has 10 heteroatoms. The van der Waals surface area contributed by atoms with E-state index in [-0.39, 0.29) is 11.1 Å². The van der Waals surface area contributed by atoms with E-state index < -0.39 is 0 Å². The Hall–Kier alpha value is -3.24. The minimum absolute atomic E-state index is 0.355. The number of carbonyl (C=O) groups is 2. The van der Waals surface area contributed by atoms with E-state index in [1.807, 2.05) is 24.3 Å². The van der Waals surface area contributed by atoms with Crippen molar-refractivity contribution in [1.82, 2.24) is 30.6 Å². The van der Waals surface area contributed by atoms with E-state index in [1.54, 1.807) is 18.3 Å². The second kappa shape index (κ2) is 9.09. The molecule has 3 aromatic rings. The van der Waals surface area contributed by atoms with E-state index >= 15 is 0 Å². The van der Waals surface area contributed by atoms with Gasteiger partial charge in [-0.15, -0.1) is 0 Å². The highest BCUT2D eigenvalue weighted by Crippen LogP contribution is 2.26. The van der Waals surface area contributed by atoms with Crippen molar-refractivity contribution in [3.63, 3.8) is 0 Å². The van der Waals surface area contributed by atoms with Gasteiger partial charge in [0, 0.05) is 19.3 Å². The lowest BCUT2D eigenvalue weighted by Crippen LogP contribution is -2.38. The zero-order valence-corrected chi connectivity index (χ0v) is 18.2. The van der Waals surface area contributed by atoms with E-state index in [0.29, 0.717) is 22.5 Å². The molecule has 0 saturated carbocycles. The van der Waals surface area contributed by atoms with E-state index in [0.717, 1.165) is 67.6 Å². The number of thioether (sulfide) groups is 1. The van der Waals surface area contributed by atoms with Crippen molar-refractivity contribution in [3.8, 4) is 0 Å². The molecule has 2 aliphatic rings. The maximum Gasteiger partial charge on any atom is 0.290 e. The number of carbonyl (C=O) groups excluding carboxylic acids is 2. The maximum absolute atomic E-state index is 11.7. The number of aromatic amines is 1. The van der Waals surface area contributed by atoms with E-state index in [9.17, 15) is 9.59 Å². The number of hydrogen-bond donors (Lipinski definition) is 3. The maximum atomic E-state index is 11.7. The quantitative estimate of drug-likeness (QED) is 0.492. The van der Waals surface area contributed by atoms with Gasteiger partial charge in [-0.25, -0.2) is 15.0 Å². The van der Waals surface area contributed by atoms with Gasteiger partial charge in [0.15, 0.2) is 0 Å². The van der Waals surface area contributed by atoms with Crippen molar-refractivity contribution < 1.29 is 9.59 Å². The molecule has 4 heterocycles. The molecular formula is C22H23N7O2S. The molecular weight excluding hydrogens is 426 g/mol. The summed E-state index contributed by atoms with van der Waals surface area (Å²) in [5.74, 6) is 1.82. The van der Waals surface area contributed by atoms with Gasteiger partial charge in [-0.2, -0.15) is 0 Å². The number of fused-ring (bicyclic) bond motifs is 1. The molecule has 2 saturated heterocycles. The fraction of sp³-hybridized carbons (Fsp3) is 0.318. The van der Waals surface area contributed by atoms with E-state index in [2.05, 4.69) is 35.5 Å². The first-order valence-corrected chi connectivity index (χ1v) is 11.4. The Morgan fingerprint density at radius 2 is 2.00 bits per heavy atom. The molecule has 2 aromatic heterocycles. The molecule has 164 valence electrons. The smallest absolute Gasteiger partial charge is 0.290 e. The highest BCUT2D eigenvalue weighted by atomic mass is 32.2. The number of nitrogens with zero attached hydrogens (tertiary/aromatic N) is 4. The first-order valence-electron chi connectivity index (χ1n) is 10.6. The van der Waals surface area contributed by atoms with Gasteiger partial charge in [-0.3, -0.25) is 14.9 Å².